The summed E-state index contributed by atoms with van der Waals surface area (Å²) < 4.78 is 10.4. The molecule has 0 bridgehead atoms. The lowest BCUT2D eigenvalue weighted by Gasteiger charge is -2.11. The first kappa shape index (κ1) is 14.6. The van der Waals surface area contributed by atoms with E-state index < -0.39 is 4.92 Å². The van der Waals surface area contributed by atoms with Gasteiger partial charge < -0.3 is 14.8 Å². The second-order valence-corrected chi connectivity index (χ2v) is 4.14. The monoisotopic (exact) mass is 289 g/mol. The number of rotatable bonds is 5. The second kappa shape index (κ2) is 6.08. The number of aromatic nitrogens is 1. The van der Waals surface area contributed by atoms with Gasteiger partial charge in [-0.15, -0.1) is 0 Å². The van der Waals surface area contributed by atoms with E-state index in [0.29, 0.717) is 22.9 Å². The van der Waals surface area contributed by atoms with Crippen molar-refractivity contribution in [3.63, 3.8) is 0 Å². The molecule has 0 saturated heterocycles. The average Bonchev–Trinajstić information content (AvgIpc) is 2.53. The molecule has 110 valence electrons. The first-order valence-corrected chi connectivity index (χ1v) is 6.16. The highest BCUT2D eigenvalue weighted by Crippen LogP contribution is 2.37. The van der Waals surface area contributed by atoms with Crippen molar-refractivity contribution < 1.29 is 14.4 Å². The van der Waals surface area contributed by atoms with Crippen LogP contribution in [0.25, 0.3) is 11.3 Å². The molecule has 7 nitrogen and oxygen atoms in total. The summed E-state index contributed by atoms with van der Waals surface area (Å²) in [5.74, 6) is 1.59. The molecule has 0 aliphatic heterocycles. The molecule has 0 aliphatic carbocycles. The van der Waals surface area contributed by atoms with Crippen molar-refractivity contribution in [1.82, 2.24) is 4.98 Å². The van der Waals surface area contributed by atoms with Gasteiger partial charge >= 0.3 is 0 Å². The molecule has 0 aliphatic rings. The fourth-order valence-electron chi connectivity index (χ4n) is 1.93. The Morgan fingerprint density at radius 3 is 2.52 bits per heavy atom. The van der Waals surface area contributed by atoms with E-state index in [1.165, 1.54) is 20.3 Å². The largest absolute Gasteiger partial charge is 0.497 e. The SMILES string of the molecule is CNc1ccc([N+](=O)[O-])c(-c2ccc(OC)cc2OC)n1. The van der Waals surface area contributed by atoms with Crippen molar-refractivity contribution in [2.45, 2.75) is 0 Å². The second-order valence-electron chi connectivity index (χ2n) is 4.14. The highest BCUT2D eigenvalue weighted by molar-refractivity contribution is 5.77. The third-order valence-electron chi connectivity index (χ3n) is 2.99. The van der Waals surface area contributed by atoms with Crippen LogP contribution in [0.15, 0.2) is 30.3 Å². The van der Waals surface area contributed by atoms with E-state index in [1.54, 1.807) is 31.3 Å². The Morgan fingerprint density at radius 1 is 1.19 bits per heavy atom. The molecule has 7 heteroatoms. The van der Waals surface area contributed by atoms with Crippen LogP contribution in [0.5, 0.6) is 11.5 Å². The van der Waals surface area contributed by atoms with Crippen LogP contribution in [0.3, 0.4) is 0 Å². The molecule has 2 rings (SSSR count). The Morgan fingerprint density at radius 2 is 1.95 bits per heavy atom. The van der Waals surface area contributed by atoms with Gasteiger partial charge in [0.1, 0.15) is 17.3 Å². The van der Waals surface area contributed by atoms with Gasteiger partial charge in [-0.2, -0.15) is 0 Å². The molecule has 0 amide bonds. The predicted octanol–water partition coefficient (Wildman–Crippen LogP) is 2.72. The van der Waals surface area contributed by atoms with Gasteiger partial charge in [-0.05, 0) is 18.2 Å². The molecule has 1 heterocycles. The summed E-state index contributed by atoms with van der Waals surface area (Å²) in [6.07, 6.45) is 0. The van der Waals surface area contributed by atoms with Gasteiger partial charge in [0.25, 0.3) is 5.69 Å². The van der Waals surface area contributed by atoms with Gasteiger partial charge in [0, 0.05) is 24.7 Å². The van der Waals surface area contributed by atoms with E-state index in [9.17, 15) is 10.1 Å². The van der Waals surface area contributed by atoms with Crippen molar-refractivity contribution >= 4 is 11.5 Å². The standard InChI is InChI=1S/C14H15N3O4/c1-15-13-7-6-11(17(18)19)14(16-13)10-5-4-9(20-2)8-12(10)21-3/h4-8H,1-3H3,(H,15,16). The van der Waals surface area contributed by atoms with Crippen molar-refractivity contribution in [2.24, 2.45) is 0 Å². The number of ether oxygens (including phenoxy) is 2. The van der Waals surface area contributed by atoms with Gasteiger partial charge in [-0.25, -0.2) is 4.98 Å². The third kappa shape index (κ3) is 2.86. The van der Waals surface area contributed by atoms with Gasteiger partial charge in [0.15, 0.2) is 5.69 Å². The van der Waals surface area contributed by atoms with E-state index >= 15 is 0 Å². The van der Waals surface area contributed by atoms with E-state index in [4.69, 9.17) is 9.47 Å². The van der Waals surface area contributed by atoms with E-state index in [1.807, 2.05) is 0 Å². The minimum Gasteiger partial charge on any atom is -0.497 e. The highest BCUT2D eigenvalue weighted by atomic mass is 16.6. The van der Waals surface area contributed by atoms with Crippen LogP contribution in [-0.4, -0.2) is 31.2 Å². The molecule has 2 aromatic rings. The summed E-state index contributed by atoms with van der Waals surface area (Å²) in [4.78, 5) is 15.0. The first-order valence-electron chi connectivity index (χ1n) is 6.16. The van der Waals surface area contributed by atoms with E-state index in [2.05, 4.69) is 10.3 Å². The zero-order valence-electron chi connectivity index (χ0n) is 11.9. The van der Waals surface area contributed by atoms with Crippen molar-refractivity contribution in [3.8, 4) is 22.8 Å². The van der Waals surface area contributed by atoms with Gasteiger partial charge in [-0.1, -0.05) is 0 Å². The summed E-state index contributed by atoms with van der Waals surface area (Å²) >= 11 is 0. The fourth-order valence-corrected chi connectivity index (χ4v) is 1.93. The van der Waals surface area contributed by atoms with Gasteiger partial charge in [0.05, 0.1) is 19.1 Å². The maximum Gasteiger partial charge on any atom is 0.295 e. The van der Waals surface area contributed by atoms with Crippen LogP contribution in [0.1, 0.15) is 0 Å². The Bertz CT molecular complexity index is 673. The lowest BCUT2D eigenvalue weighted by Crippen LogP contribution is -2.00. The predicted molar refractivity (Wildman–Crippen MR) is 79.0 cm³/mol. The average molecular weight is 289 g/mol. The molecule has 0 radical (unpaired) electrons. The Labute approximate surface area is 121 Å². The summed E-state index contributed by atoms with van der Waals surface area (Å²) in [6, 6.07) is 8.02. The topological polar surface area (TPSA) is 86.5 Å². The minimum absolute atomic E-state index is 0.0857. The zero-order chi connectivity index (χ0) is 15.4. The number of hydrogen-bond acceptors (Lipinski definition) is 6. The van der Waals surface area contributed by atoms with Crippen LogP contribution >= 0.6 is 0 Å². The Kier molecular flexibility index (Phi) is 4.22. The lowest BCUT2D eigenvalue weighted by molar-refractivity contribution is -0.384. The Balaban J connectivity index is 2.67. The molecule has 21 heavy (non-hydrogen) atoms. The number of methoxy groups -OCH3 is 2. The molecule has 1 aromatic heterocycles. The van der Waals surface area contributed by atoms with E-state index in [0.717, 1.165) is 0 Å². The number of hydrogen-bond donors (Lipinski definition) is 1. The molecule has 0 atom stereocenters. The molecule has 1 aromatic carbocycles. The summed E-state index contributed by atoms with van der Waals surface area (Å²) in [5.41, 5.74) is 0.686. The molecular weight excluding hydrogens is 274 g/mol. The van der Waals surface area contributed by atoms with Crippen molar-refractivity contribution in [2.75, 3.05) is 26.6 Å². The number of pyridine rings is 1. The van der Waals surface area contributed by atoms with Gasteiger partial charge in [0.2, 0.25) is 0 Å². The zero-order valence-corrected chi connectivity index (χ0v) is 11.9. The maximum absolute atomic E-state index is 11.2. The number of nitro groups is 1. The molecule has 1 N–H and O–H groups in total. The number of benzene rings is 1. The van der Waals surface area contributed by atoms with Crippen molar-refractivity contribution in [3.05, 3.63) is 40.4 Å². The highest BCUT2D eigenvalue weighted by Gasteiger charge is 2.21. The smallest absolute Gasteiger partial charge is 0.295 e. The van der Waals surface area contributed by atoms with Crippen LogP contribution < -0.4 is 14.8 Å². The fraction of sp³-hybridized carbons (Fsp3) is 0.214. The lowest BCUT2D eigenvalue weighted by atomic mass is 10.1. The number of nitrogens with one attached hydrogen (secondary N) is 1. The van der Waals surface area contributed by atoms with Crippen LogP contribution in [0.4, 0.5) is 11.5 Å². The molecular formula is C14H15N3O4. The quantitative estimate of drug-likeness (QED) is 0.672. The molecule has 0 unspecified atom stereocenters. The van der Waals surface area contributed by atoms with Crippen LogP contribution in [0, 0.1) is 10.1 Å². The normalized spacial score (nSPS) is 10.0. The van der Waals surface area contributed by atoms with Gasteiger partial charge in [-0.3, -0.25) is 10.1 Å². The number of nitrogens with zero attached hydrogens (tertiary/aromatic N) is 2. The maximum atomic E-state index is 11.2. The van der Waals surface area contributed by atoms with E-state index in [-0.39, 0.29) is 11.4 Å². The molecule has 0 spiro atoms. The third-order valence-corrected chi connectivity index (χ3v) is 2.99. The Hall–Kier alpha value is -2.83. The van der Waals surface area contributed by atoms with Crippen LogP contribution in [-0.2, 0) is 0 Å². The van der Waals surface area contributed by atoms with Crippen LogP contribution in [0.2, 0.25) is 0 Å². The summed E-state index contributed by atoms with van der Waals surface area (Å²) in [7, 11) is 4.73. The number of anilines is 1. The van der Waals surface area contributed by atoms with Crippen molar-refractivity contribution in [1.29, 1.82) is 0 Å². The summed E-state index contributed by atoms with van der Waals surface area (Å²) in [5, 5.41) is 14.1. The summed E-state index contributed by atoms with van der Waals surface area (Å²) in [6.45, 7) is 0. The molecule has 0 saturated carbocycles. The minimum atomic E-state index is -0.467. The first-order chi connectivity index (χ1) is 10.1. The molecule has 0 fully saturated rings.